The molecular weight excluding hydrogens is 500 g/mol. The third-order valence-corrected chi connectivity index (χ3v) is 7.78. The quantitative estimate of drug-likeness (QED) is 0.194. The number of aromatic amines is 2. The van der Waals surface area contributed by atoms with Crippen molar-refractivity contribution in [3.63, 3.8) is 0 Å². The van der Waals surface area contributed by atoms with Gasteiger partial charge in [0.2, 0.25) is 5.91 Å². The number of hydrogen-bond donors (Lipinski definition) is 4. The largest absolute Gasteiger partial charge is 0.355 e. The molecule has 6 rings (SSSR count). The second-order valence-corrected chi connectivity index (χ2v) is 10.7. The molecule has 9 heteroatoms. The molecule has 3 aromatic heterocycles. The molecule has 1 saturated heterocycles. The molecule has 1 unspecified atom stereocenters. The summed E-state index contributed by atoms with van der Waals surface area (Å²) in [5.74, 6) is 2.01. The normalized spacial score (nSPS) is 15.8. The molecule has 1 aliphatic rings. The molecule has 0 aliphatic carbocycles. The number of carbonyl (C=O) groups excluding carboxylic acids is 1. The predicted octanol–water partition coefficient (Wildman–Crippen LogP) is 4.59. The average molecular weight is 537 g/mol. The van der Waals surface area contributed by atoms with E-state index in [2.05, 4.69) is 86.1 Å². The highest BCUT2D eigenvalue weighted by atomic mass is 16.1. The minimum Gasteiger partial charge on any atom is -0.355 e. The molecule has 0 spiro atoms. The Balaban J connectivity index is 1.13. The summed E-state index contributed by atoms with van der Waals surface area (Å²) in [5, 5.41) is 8.10. The van der Waals surface area contributed by atoms with Crippen molar-refractivity contribution in [3.8, 4) is 22.5 Å². The van der Waals surface area contributed by atoms with E-state index in [0.717, 1.165) is 77.6 Å². The van der Waals surface area contributed by atoms with E-state index in [0.29, 0.717) is 19.1 Å². The molecule has 206 valence electrons. The first-order valence-corrected chi connectivity index (χ1v) is 14.1. The Kier molecular flexibility index (Phi) is 7.57. The fourth-order valence-corrected chi connectivity index (χ4v) is 5.56. The second kappa shape index (κ2) is 11.6. The van der Waals surface area contributed by atoms with Crippen LogP contribution in [0.5, 0.6) is 0 Å². The first-order valence-electron chi connectivity index (χ1n) is 14.1. The lowest BCUT2D eigenvalue weighted by Gasteiger charge is -2.16. The van der Waals surface area contributed by atoms with Gasteiger partial charge < -0.3 is 20.6 Å². The summed E-state index contributed by atoms with van der Waals surface area (Å²) in [7, 11) is 3.93. The van der Waals surface area contributed by atoms with Gasteiger partial charge >= 0.3 is 0 Å². The Labute approximate surface area is 233 Å². The number of likely N-dealkylation sites (tertiary alicyclic amines) is 1. The summed E-state index contributed by atoms with van der Waals surface area (Å²) in [5.41, 5.74) is 5.89. The summed E-state index contributed by atoms with van der Waals surface area (Å²) in [6, 6.07) is 17.5. The first kappa shape index (κ1) is 26.2. The Morgan fingerprint density at radius 3 is 2.65 bits per heavy atom. The lowest BCUT2D eigenvalue weighted by atomic mass is 10.0. The van der Waals surface area contributed by atoms with Crippen LogP contribution in [0.15, 0.2) is 54.7 Å². The number of carbonyl (C=O) groups is 1. The van der Waals surface area contributed by atoms with Crippen molar-refractivity contribution in [2.45, 2.75) is 38.1 Å². The van der Waals surface area contributed by atoms with E-state index in [4.69, 9.17) is 9.97 Å². The molecule has 0 radical (unpaired) electrons. The van der Waals surface area contributed by atoms with Gasteiger partial charge in [-0.15, -0.1) is 0 Å². The molecule has 40 heavy (non-hydrogen) atoms. The van der Waals surface area contributed by atoms with Crippen molar-refractivity contribution >= 4 is 27.8 Å². The number of nitrogens with one attached hydrogen (secondary N) is 4. The highest BCUT2D eigenvalue weighted by Gasteiger charge is 2.25. The number of aryl methyl sites for hydroxylation is 1. The standard InChI is InChI=1S/C31H36N8O/c1-32-19-29(40)33-14-4-3-7-28-34-18-26(35-28)23-11-9-20-16-22(10-8-21(20)17-23)24-12-13-25-30(36-24)38-31(37-25)27-6-5-15-39(27)2/h8-13,16-18,27,32H,3-7,14-15,19H2,1-2H3,(H,33,40)(H,34,35)(H,36,37,38). The number of fused-ring (bicyclic) bond motifs is 2. The maximum Gasteiger partial charge on any atom is 0.233 e. The van der Waals surface area contributed by atoms with E-state index < -0.39 is 0 Å². The Morgan fingerprint density at radius 2 is 1.85 bits per heavy atom. The number of imidazole rings is 2. The van der Waals surface area contributed by atoms with E-state index in [1.807, 2.05) is 6.20 Å². The van der Waals surface area contributed by atoms with Gasteiger partial charge in [0.15, 0.2) is 5.65 Å². The Hall–Kier alpha value is -4.08. The van der Waals surface area contributed by atoms with Crippen LogP contribution >= 0.6 is 0 Å². The molecule has 1 atom stereocenters. The topological polar surface area (TPSA) is 115 Å². The van der Waals surface area contributed by atoms with Gasteiger partial charge in [-0.25, -0.2) is 15.0 Å². The third kappa shape index (κ3) is 5.61. The molecule has 2 aromatic carbocycles. The minimum atomic E-state index is 0.0301. The van der Waals surface area contributed by atoms with Gasteiger partial charge in [0.1, 0.15) is 11.6 Å². The smallest absolute Gasteiger partial charge is 0.233 e. The second-order valence-electron chi connectivity index (χ2n) is 10.7. The van der Waals surface area contributed by atoms with Gasteiger partial charge in [-0.3, -0.25) is 9.69 Å². The average Bonchev–Trinajstić information content (AvgIpc) is 3.71. The van der Waals surface area contributed by atoms with Crippen LogP contribution in [0.2, 0.25) is 0 Å². The molecule has 1 amide bonds. The van der Waals surface area contributed by atoms with Crippen molar-refractivity contribution in [2.24, 2.45) is 0 Å². The number of unbranched alkanes of at least 4 members (excludes halogenated alkanes) is 1. The summed E-state index contributed by atoms with van der Waals surface area (Å²) in [4.78, 5) is 35.1. The van der Waals surface area contributed by atoms with Crippen LogP contribution in [-0.4, -0.2) is 69.5 Å². The lowest BCUT2D eigenvalue weighted by Crippen LogP contribution is -2.32. The van der Waals surface area contributed by atoms with Crippen LogP contribution in [0.4, 0.5) is 0 Å². The van der Waals surface area contributed by atoms with Crippen LogP contribution in [0.25, 0.3) is 44.5 Å². The molecule has 5 aromatic rings. The fourth-order valence-electron chi connectivity index (χ4n) is 5.56. The molecule has 1 fully saturated rings. The molecule has 0 saturated carbocycles. The molecule has 4 heterocycles. The maximum absolute atomic E-state index is 11.5. The van der Waals surface area contributed by atoms with Crippen LogP contribution in [0, 0.1) is 0 Å². The summed E-state index contributed by atoms with van der Waals surface area (Å²) in [6.07, 6.45) is 6.98. The van der Waals surface area contributed by atoms with Gasteiger partial charge in [-0.05, 0) is 81.4 Å². The van der Waals surface area contributed by atoms with E-state index in [1.165, 1.54) is 17.2 Å². The number of nitrogens with zero attached hydrogens (tertiary/aromatic N) is 4. The minimum absolute atomic E-state index is 0.0301. The summed E-state index contributed by atoms with van der Waals surface area (Å²) in [6.45, 7) is 2.15. The molecule has 0 bridgehead atoms. The number of pyridine rings is 1. The maximum atomic E-state index is 11.5. The van der Waals surface area contributed by atoms with Crippen LogP contribution in [0.3, 0.4) is 0 Å². The van der Waals surface area contributed by atoms with Crippen LogP contribution in [0.1, 0.15) is 43.4 Å². The lowest BCUT2D eigenvalue weighted by molar-refractivity contribution is -0.120. The van der Waals surface area contributed by atoms with E-state index in [-0.39, 0.29) is 5.91 Å². The van der Waals surface area contributed by atoms with E-state index in [9.17, 15) is 4.79 Å². The van der Waals surface area contributed by atoms with Crippen molar-refractivity contribution < 1.29 is 4.79 Å². The monoisotopic (exact) mass is 536 g/mol. The zero-order valence-electron chi connectivity index (χ0n) is 23.1. The number of likely N-dealkylation sites (N-methyl/N-ethyl adjacent to an activating group) is 1. The van der Waals surface area contributed by atoms with E-state index in [1.54, 1.807) is 7.05 Å². The fraction of sp³-hybridized carbons (Fsp3) is 0.355. The zero-order valence-corrected chi connectivity index (χ0v) is 23.1. The van der Waals surface area contributed by atoms with Crippen molar-refractivity contribution in [1.29, 1.82) is 0 Å². The van der Waals surface area contributed by atoms with Gasteiger partial charge in [0, 0.05) is 24.1 Å². The van der Waals surface area contributed by atoms with Crippen molar-refractivity contribution in [1.82, 2.24) is 40.5 Å². The summed E-state index contributed by atoms with van der Waals surface area (Å²) < 4.78 is 0. The number of aromatic nitrogens is 5. The summed E-state index contributed by atoms with van der Waals surface area (Å²) >= 11 is 0. The SMILES string of the molecule is CNCC(=O)NCCCCc1ncc(-c2ccc3cc(-c4ccc5[nH]c(C6CCCN6C)nc5n4)ccc3c2)[nH]1. The Morgan fingerprint density at radius 1 is 1.02 bits per heavy atom. The van der Waals surface area contributed by atoms with Crippen LogP contribution in [-0.2, 0) is 11.2 Å². The number of amides is 1. The Bertz CT molecular complexity index is 1640. The van der Waals surface area contributed by atoms with Gasteiger partial charge in [0.25, 0.3) is 0 Å². The predicted molar refractivity (Wildman–Crippen MR) is 159 cm³/mol. The number of benzene rings is 2. The molecule has 4 N–H and O–H groups in total. The highest BCUT2D eigenvalue weighted by molar-refractivity contribution is 5.90. The number of hydrogen-bond acceptors (Lipinski definition) is 6. The number of H-pyrrole nitrogens is 2. The van der Waals surface area contributed by atoms with Crippen molar-refractivity contribution in [3.05, 3.63) is 66.4 Å². The van der Waals surface area contributed by atoms with Crippen molar-refractivity contribution in [2.75, 3.05) is 33.7 Å². The molecule has 1 aliphatic heterocycles. The number of rotatable bonds is 10. The van der Waals surface area contributed by atoms with Gasteiger partial charge in [-0.1, -0.05) is 24.3 Å². The van der Waals surface area contributed by atoms with Crippen LogP contribution < -0.4 is 10.6 Å². The molecular formula is C31H36N8O. The highest BCUT2D eigenvalue weighted by Crippen LogP contribution is 2.31. The van der Waals surface area contributed by atoms with E-state index >= 15 is 0 Å². The third-order valence-electron chi connectivity index (χ3n) is 7.78. The zero-order chi connectivity index (χ0) is 27.5. The first-order chi connectivity index (χ1) is 19.6. The van der Waals surface area contributed by atoms with Gasteiger partial charge in [-0.2, -0.15) is 0 Å². The molecule has 9 nitrogen and oxygen atoms in total. The van der Waals surface area contributed by atoms with Gasteiger partial charge in [0.05, 0.1) is 35.7 Å².